The molecule has 0 bridgehead atoms. The van der Waals surface area contributed by atoms with E-state index in [1.54, 1.807) is 12.1 Å². The molecule has 114 valence electrons. The van der Waals surface area contributed by atoms with E-state index in [2.05, 4.69) is 24.5 Å². The molecule has 0 radical (unpaired) electrons. The van der Waals surface area contributed by atoms with Crippen LogP contribution in [0.25, 0.3) is 0 Å². The molecule has 0 aromatic heterocycles. The van der Waals surface area contributed by atoms with Gasteiger partial charge in [0, 0.05) is 23.5 Å². The highest BCUT2D eigenvalue weighted by Crippen LogP contribution is 2.19. The predicted molar refractivity (Wildman–Crippen MR) is 93.5 cm³/mol. The third kappa shape index (κ3) is 4.26. The Bertz CT molecular complexity index is 684. The van der Waals surface area contributed by atoms with Crippen molar-refractivity contribution in [2.75, 3.05) is 10.6 Å². The van der Waals surface area contributed by atoms with Gasteiger partial charge in [0.15, 0.2) is 5.11 Å². The van der Waals surface area contributed by atoms with Gasteiger partial charge in [0.05, 0.1) is 4.92 Å². The smallest absolute Gasteiger partial charge is 0.271 e. The number of nitro benzene ring substituents is 1. The van der Waals surface area contributed by atoms with Crippen molar-refractivity contribution in [2.45, 2.75) is 19.8 Å². The molecule has 0 atom stereocenters. The summed E-state index contributed by atoms with van der Waals surface area (Å²) >= 11 is 5.22. The largest absolute Gasteiger partial charge is 0.332 e. The minimum Gasteiger partial charge on any atom is -0.332 e. The number of nitrogens with one attached hydrogen (secondary N) is 2. The van der Waals surface area contributed by atoms with Crippen molar-refractivity contribution >= 4 is 34.4 Å². The molecule has 0 saturated carbocycles. The highest BCUT2D eigenvalue weighted by Gasteiger charge is 2.07. The molecule has 0 aliphatic carbocycles. The number of non-ortho nitro benzene ring substituents is 1. The van der Waals surface area contributed by atoms with Gasteiger partial charge in [-0.1, -0.05) is 32.0 Å². The van der Waals surface area contributed by atoms with Crippen LogP contribution in [0, 0.1) is 10.1 Å². The first kappa shape index (κ1) is 15.9. The molecule has 0 saturated heterocycles. The average molecular weight is 315 g/mol. The van der Waals surface area contributed by atoms with E-state index in [4.69, 9.17) is 12.2 Å². The maximum atomic E-state index is 10.7. The van der Waals surface area contributed by atoms with Crippen molar-refractivity contribution in [3.8, 4) is 0 Å². The summed E-state index contributed by atoms with van der Waals surface area (Å²) in [5.74, 6) is 0.476. The lowest BCUT2D eigenvalue weighted by atomic mass is 10.0. The van der Waals surface area contributed by atoms with E-state index in [0.29, 0.717) is 16.7 Å². The number of thiocarbonyl (C=S) groups is 1. The average Bonchev–Trinajstić information content (AvgIpc) is 2.47. The third-order valence-corrected chi connectivity index (χ3v) is 3.35. The Balaban J connectivity index is 2.00. The molecule has 0 spiro atoms. The first-order valence-electron chi connectivity index (χ1n) is 6.88. The molecule has 22 heavy (non-hydrogen) atoms. The van der Waals surface area contributed by atoms with Crippen LogP contribution in [0.1, 0.15) is 25.3 Å². The summed E-state index contributed by atoms with van der Waals surface area (Å²) in [5.41, 5.74) is 2.72. The van der Waals surface area contributed by atoms with Gasteiger partial charge in [0.2, 0.25) is 0 Å². The lowest BCUT2D eigenvalue weighted by Gasteiger charge is -2.11. The normalized spacial score (nSPS) is 10.3. The molecule has 0 unspecified atom stereocenters. The van der Waals surface area contributed by atoms with Crippen molar-refractivity contribution < 1.29 is 4.92 Å². The van der Waals surface area contributed by atoms with Gasteiger partial charge in [0.25, 0.3) is 5.69 Å². The Morgan fingerprint density at radius 2 is 1.73 bits per heavy atom. The first-order valence-corrected chi connectivity index (χ1v) is 7.29. The van der Waals surface area contributed by atoms with Crippen LogP contribution in [-0.4, -0.2) is 10.0 Å². The summed E-state index contributed by atoms with van der Waals surface area (Å²) < 4.78 is 0. The molecule has 0 aliphatic rings. The topological polar surface area (TPSA) is 67.2 Å². The lowest BCUT2D eigenvalue weighted by molar-refractivity contribution is -0.384. The number of benzene rings is 2. The number of nitrogens with zero attached hydrogens (tertiary/aromatic N) is 1. The van der Waals surface area contributed by atoms with E-state index < -0.39 is 4.92 Å². The molecule has 2 aromatic rings. The van der Waals surface area contributed by atoms with Crippen LogP contribution in [0.5, 0.6) is 0 Å². The molecule has 5 nitrogen and oxygen atoms in total. The van der Waals surface area contributed by atoms with Crippen molar-refractivity contribution in [1.29, 1.82) is 0 Å². The van der Waals surface area contributed by atoms with E-state index in [1.165, 1.54) is 17.7 Å². The van der Waals surface area contributed by atoms with Gasteiger partial charge in [-0.2, -0.15) is 0 Å². The molecule has 0 fully saturated rings. The Hall–Kier alpha value is -2.47. The van der Waals surface area contributed by atoms with Crippen LogP contribution in [0.3, 0.4) is 0 Å². The Morgan fingerprint density at radius 1 is 1.09 bits per heavy atom. The molecular weight excluding hydrogens is 298 g/mol. The highest BCUT2D eigenvalue weighted by molar-refractivity contribution is 7.80. The molecule has 0 amide bonds. The van der Waals surface area contributed by atoms with Gasteiger partial charge in [-0.15, -0.1) is 0 Å². The van der Waals surface area contributed by atoms with Crippen LogP contribution in [-0.2, 0) is 0 Å². The van der Waals surface area contributed by atoms with Gasteiger partial charge in [-0.3, -0.25) is 10.1 Å². The minimum atomic E-state index is -0.438. The van der Waals surface area contributed by atoms with Gasteiger partial charge in [0.1, 0.15) is 0 Å². The Kier molecular flexibility index (Phi) is 5.06. The highest BCUT2D eigenvalue weighted by atomic mass is 32.1. The molecule has 6 heteroatoms. The maximum Gasteiger partial charge on any atom is 0.271 e. The quantitative estimate of drug-likeness (QED) is 0.493. The van der Waals surface area contributed by atoms with Crippen molar-refractivity contribution in [3.05, 3.63) is 64.2 Å². The van der Waals surface area contributed by atoms with Crippen LogP contribution in [0.2, 0.25) is 0 Å². The summed E-state index contributed by atoms with van der Waals surface area (Å²) in [7, 11) is 0. The molecule has 2 N–H and O–H groups in total. The number of anilines is 2. The number of hydrogen-bond acceptors (Lipinski definition) is 3. The second-order valence-electron chi connectivity index (χ2n) is 5.16. The zero-order valence-electron chi connectivity index (χ0n) is 12.4. The molecule has 0 aliphatic heterocycles. The van der Waals surface area contributed by atoms with Gasteiger partial charge in [-0.05, 0) is 41.9 Å². The van der Waals surface area contributed by atoms with Crippen LogP contribution >= 0.6 is 12.2 Å². The van der Waals surface area contributed by atoms with Crippen molar-refractivity contribution in [3.63, 3.8) is 0 Å². The number of hydrogen-bond donors (Lipinski definition) is 2. The summed E-state index contributed by atoms with van der Waals surface area (Å²) in [6.45, 7) is 4.27. The fourth-order valence-corrected chi connectivity index (χ4v) is 2.18. The van der Waals surface area contributed by atoms with Crippen LogP contribution in [0.15, 0.2) is 48.5 Å². The van der Waals surface area contributed by atoms with E-state index in [1.807, 2.05) is 24.3 Å². The summed E-state index contributed by atoms with van der Waals surface area (Å²) in [6.07, 6.45) is 0. The fraction of sp³-hybridized carbons (Fsp3) is 0.188. The van der Waals surface area contributed by atoms with Gasteiger partial charge < -0.3 is 10.6 Å². The zero-order chi connectivity index (χ0) is 16.1. The van der Waals surface area contributed by atoms with Crippen molar-refractivity contribution in [2.24, 2.45) is 0 Å². The number of rotatable bonds is 4. The molecule has 2 aromatic carbocycles. The predicted octanol–water partition coefficient (Wildman–Crippen LogP) is 4.53. The number of nitro groups is 1. The summed E-state index contributed by atoms with van der Waals surface area (Å²) in [6, 6.07) is 14.2. The molecule has 0 heterocycles. The third-order valence-electron chi connectivity index (χ3n) is 3.15. The standard InChI is InChI=1S/C16H17N3O2S/c1-11(2)12-6-8-13(9-7-12)17-16(22)18-14-4-3-5-15(10-14)19(20)21/h3-11H,1-2H3,(H2,17,18,22). The molecular formula is C16H17N3O2S. The first-order chi connectivity index (χ1) is 10.5. The van der Waals surface area contributed by atoms with Crippen molar-refractivity contribution in [1.82, 2.24) is 0 Å². The van der Waals surface area contributed by atoms with E-state index in [0.717, 1.165) is 5.69 Å². The Morgan fingerprint density at radius 3 is 2.32 bits per heavy atom. The molecule has 2 rings (SSSR count). The summed E-state index contributed by atoms with van der Waals surface area (Å²) in [5, 5.41) is 17.1. The van der Waals surface area contributed by atoms with Gasteiger partial charge in [-0.25, -0.2) is 0 Å². The fourth-order valence-electron chi connectivity index (χ4n) is 1.94. The van der Waals surface area contributed by atoms with Gasteiger partial charge >= 0.3 is 0 Å². The van der Waals surface area contributed by atoms with E-state index >= 15 is 0 Å². The zero-order valence-corrected chi connectivity index (χ0v) is 13.2. The summed E-state index contributed by atoms with van der Waals surface area (Å²) in [4.78, 5) is 10.3. The second-order valence-corrected chi connectivity index (χ2v) is 5.57. The lowest BCUT2D eigenvalue weighted by Crippen LogP contribution is -2.19. The van der Waals surface area contributed by atoms with E-state index in [9.17, 15) is 10.1 Å². The maximum absolute atomic E-state index is 10.7. The van der Waals surface area contributed by atoms with Crippen LogP contribution in [0.4, 0.5) is 17.1 Å². The Labute approximate surface area is 134 Å². The van der Waals surface area contributed by atoms with E-state index in [-0.39, 0.29) is 5.69 Å². The minimum absolute atomic E-state index is 0.0223. The second kappa shape index (κ2) is 7.00. The SMILES string of the molecule is CC(C)c1ccc(NC(=S)Nc2cccc([N+](=O)[O-])c2)cc1. The van der Waals surface area contributed by atoms with Crippen LogP contribution < -0.4 is 10.6 Å². The monoisotopic (exact) mass is 315 g/mol.